The Morgan fingerprint density at radius 3 is 2.55 bits per heavy atom. The highest BCUT2D eigenvalue weighted by molar-refractivity contribution is 6.04. The molecule has 1 aliphatic heterocycles. The molecule has 2 rings (SSSR count). The van der Waals surface area contributed by atoms with Crippen LogP contribution in [0.4, 0.5) is 0 Å². The van der Waals surface area contributed by atoms with Crippen LogP contribution in [-0.2, 0) is 16.1 Å². The molecule has 0 saturated heterocycles. The fourth-order valence-electron chi connectivity index (χ4n) is 2.25. The van der Waals surface area contributed by atoms with Gasteiger partial charge in [-0.15, -0.1) is 0 Å². The van der Waals surface area contributed by atoms with Crippen LogP contribution in [0.2, 0.25) is 0 Å². The van der Waals surface area contributed by atoms with Gasteiger partial charge >= 0.3 is 5.97 Å². The summed E-state index contributed by atoms with van der Waals surface area (Å²) >= 11 is 0. The van der Waals surface area contributed by atoms with Gasteiger partial charge in [-0.25, -0.2) is 4.79 Å². The van der Waals surface area contributed by atoms with E-state index in [1.165, 1.54) is 5.56 Å². The van der Waals surface area contributed by atoms with Gasteiger partial charge in [0.2, 0.25) is 0 Å². The molecule has 0 saturated carbocycles. The number of benzene rings is 1. The van der Waals surface area contributed by atoms with E-state index in [0.29, 0.717) is 11.6 Å². The van der Waals surface area contributed by atoms with Crippen molar-refractivity contribution < 1.29 is 14.7 Å². The predicted octanol–water partition coefficient (Wildman–Crippen LogP) is 1.79. The van der Waals surface area contributed by atoms with Crippen molar-refractivity contribution in [2.24, 2.45) is 16.8 Å². The van der Waals surface area contributed by atoms with Gasteiger partial charge in [0.25, 0.3) is 5.60 Å². The number of nitrogens with two attached hydrogens (primary N) is 1. The van der Waals surface area contributed by atoms with Gasteiger partial charge in [-0.05, 0) is 23.5 Å². The van der Waals surface area contributed by atoms with E-state index in [2.05, 4.69) is 19.0 Å². The van der Waals surface area contributed by atoms with Crippen molar-refractivity contribution in [3.8, 4) is 0 Å². The Kier molecular flexibility index (Phi) is 4.09. The van der Waals surface area contributed by atoms with Crippen LogP contribution in [0.15, 0.2) is 29.4 Å². The topological polar surface area (TPSA) is 84.9 Å². The second kappa shape index (κ2) is 5.63. The molecule has 1 atom stereocenters. The molecule has 0 spiro atoms. The Bertz CT molecular complexity index is 522. The van der Waals surface area contributed by atoms with E-state index < -0.39 is 11.6 Å². The molecule has 1 unspecified atom stereocenters. The number of hydrogen-bond donors (Lipinski definition) is 2. The van der Waals surface area contributed by atoms with Crippen molar-refractivity contribution in [1.29, 1.82) is 0 Å². The zero-order valence-electron chi connectivity index (χ0n) is 11.8. The first kappa shape index (κ1) is 14.5. The minimum absolute atomic E-state index is 0.0965. The van der Waals surface area contributed by atoms with E-state index >= 15 is 0 Å². The van der Waals surface area contributed by atoms with Crippen LogP contribution in [0, 0.1) is 5.92 Å². The Balaban J connectivity index is 2.12. The summed E-state index contributed by atoms with van der Waals surface area (Å²) in [5, 5.41) is 13.1. The molecule has 3 N–H and O–H groups in total. The average Bonchev–Trinajstić information content (AvgIpc) is 2.85. The SMILES string of the molecule is CC(C)Cc1ccc(C2=NOC(CN)(C(=O)O)C2)cc1. The maximum atomic E-state index is 11.2. The number of aliphatic carboxylic acids is 1. The first-order valence-corrected chi connectivity index (χ1v) is 6.74. The van der Waals surface area contributed by atoms with Crippen molar-refractivity contribution in [1.82, 2.24) is 0 Å². The minimum Gasteiger partial charge on any atom is -0.478 e. The molecule has 0 aromatic heterocycles. The Labute approximate surface area is 118 Å². The molecule has 0 bridgehead atoms. The van der Waals surface area contributed by atoms with Crippen molar-refractivity contribution in [3.63, 3.8) is 0 Å². The van der Waals surface area contributed by atoms with Gasteiger partial charge in [0.1, 0.15) is 0 Å². The molecule has 1 aromatic rings. The van der Waals surface area contributed by atoms with Crippen molar-refractivity contribution in [2.45, 2.75) is 32.3 Å². The zero-order chi connectivity index (χ0) is 14.8. The molecule has 5 nitrogen and oxygen atoms in total. The highest BCUT2D eigenvalue weighted by Gasteiger charge is 2.46. The quantitative estimate of drug-likeness (QED) is 0.858. The van der Waals surface area contributed by atoms with Gasteiger partial charge in [-0.2, -0.15) is 0 Å². The predicted molar refractivity (Wildman–Crippen MR) is 76.6 cm³/mol. The van der Waals surface area contributed by atoms with E-state index in [-0.39, 0.29) is 13.0 Å². The fraction of sp³-hybridized carbons (Fsp3) is 0.467. The molecule has 1 aliphatic rings. The lowest BCUT2D eigenvalue weighted by Gasteiger charge is -2.18. The number of hydrogen-bond acceptors (Lipinski definition) is 4. The molecular formula is C15H20N2O3. The van der Waals surface area contributed by atoms with Crippen LogP contribution < -0.4 is 5.73 Å². The molecule has 1 heterocycles. The minimum atomic E-state index is -1.41. The zero-order valence-corrected chi connectivity index (χ0v) is 11.8. The van der Waals surface area contributed by atoms with Gasteiger partial charge in [0, 0.05) is 13.0 Å². The summed E-state index contributed by atoms with van der Waals surface area (Å²) in [6, 6.07) is 7.99. The summed E-state index contributed by atoms with van der Waals surface area (Å²) in [6.07, 6.45) is 1.22. The molecule has 108 valence electrons. The molecule has 0 fully saturated rings. The summed E-state index contributed by atoms with van der Waals surface area (Å²) in [4.78, 5) is 16.3. The summed E-state index contributed by atoms with van der Waals surface area (Å²) in [5.41, 5.74) is 6.87. The maximum absolute atomic E-state index is 11.2. The van der Waals surface area contributed by atoms with E-state index in [4.69, 9.17) is 10.6 Å². The van der Waals surface area contributed by atoms with Gasteiger partial charge in [-0.3, -0.25) is 0 Å². The summed E-state index contributed by atoms with van der Waals surface area (Å²) in [5.74, 6) is -0.472. The Morgan fingerprint density at radius 2 is 2.10 bits per heavy atom. The summed E-state index contributed by atoms with van der Waals surface area (Å²) in [6.45, 7) is 4.25. The molecule has 1 aromatic carbocycles. The Morgan fingerprint density at radius 1 is 1.45 bits per heavy atom. The molecular weight excluding hydrogens is 256 g/mol. The average molecular weight is 276 g/mol. The number of nitrogens with zero attached hydrogens (tertiary/aromatic N) is 1. The van der Waals surface area contributed by atoms with Crippen molar-refractivity contribution in [2.75, 3.05) is 6.54 Å². The third kappa shape index (κ3) is 2.82. The van der Waals surface area contributed by atoms with Crippen LogP contribution in [0.3, 0.4) is 0 Å². The van der Waals surface area contributed by atoms with E-state index in [1.54, 1.807) is 0 Å². The lowest BCUT2D eigenvalue weighted by atomic mass is 9.93. The van der Waals surface area contributed by atoms with Gasteiger partial charge < -0.3 is 15.7 Å². The highest BCUT2D eigenvalue weighted by atomic mass is 16.7. The molecule has 0 amide bonds. The van der Waals surface area contributed by atoms with Crippen LogP contribution in [0.1, 0.15) is 31.4 Å². The molecule has 20 heavy (non-hydrogen) atoms. The number of oxime groups is 1. The second-order valence-corrected chi connectivity index (χ2v) is 5.60. The summed E-state index contributed by atoms with van der Waals surface area (Å²) in [7, 11) is 0. The summed E-state index contributed by atoms with van der Waals surface area (Å²) < 4.78 is 0. The Hall–Kier alpha value is -1.88. The van der Waals surface area contributed by atoms with Crippen LogP contribution in [0.5, 0.6) is 0 Å². The molecule has 5 heteroatoms. The number of rotatable bonds is 5. The van der Waals surface area contributed by atoms with E-state index in [0.717, 1.165) is 12.0 Å². The standard InChI is InChI=1S/C15H20N2O3/c1-10(2)7-11-3-5-12(6-4-11)13-8-15(9-16,14(18)19)20-17-13/h3-6,10H,7-9,16H2,1-2H3,(H,18,19). The smallest absolute Gasteiger partial charge is 0.352 e. The number of carboxylic acid groups (broad SMARTS) is 1. The first-order chi connectivity index (χ1) is 9.47. The lowest BCUT2D eigenvalue weighted by Crippen LogP contribution is -2.45. The largest absolute Gasteiger partial charge is 0.478 e. The molecule has 0 radical (unpaired) electrons. The van der Waals surface area contributed by atoms with Gasteiger partial charge in [0.15, 0.2) is 0 Å². The van der Waals surface area contributed by atoms with Crippen LogP contribution in [0.25, 0.3) is 0 Å². The highest BCUT2D eigenvalue weighted by Crippen LogP contribution is 2.26. The molecule has 0 aliphatic carbocycles. The number of carbonyl (C=O) groups is 1. The van der Waals surface area contributed by atoms with Gasteiger partial charge in [-0.1, -0.05) is 43.3 Å². The monoisotopic (exact) mass is 276 g/mol. The lowest BCUT2D eigenvalue weighted by molar-refractivity contribution is -0.161. The third-order valence-corrected chi connectivity index (χ3v) is 3.43. The van der Waals surface area contributed by atoms with Crippen molar-refractivity contribution >= 4 is 11.7 Å². The number of carboxylic acids is 1. The first-order valence-electron chi connectivity index (χ1n) is 6.74. The maximum Gasteiger partial charge on any atom is 0.352 e. The fourth-order valence-corrected chi connectivity index (χ4v) is 2.25. The van der Waals surface area contributed by atoms with E-state index in [9.17, 15) is 9.90 Å². The van der Waals surface area contributed by atoms with Gasteiger partial charge in [0.05, 0.1) is 5.71 Å². The third-order valence-electron chi connectivity index (χ3n) is 3.43. The van der Waals surface area contributed by atoms with Crippen LogP contribution in [-0.4, -0.2) is 28.9 Å². The van der Waals surface area contributed by atoms with E-state index in [1.807, 2.05) is 24.3 Å². The van der Waals surface area contributed by atoms with Crippen molar-refractivity contribution in [3.05, 3.63) is 35.4 Å². The second-order valence-electron chi connectivity index (χ2n) is 5.60. The normalized spacial score (nSPS) is 21.7. The van der Waals surface area contributed by atoms with Crippen LogP contribution >= 0.6 is 0 Å².